The molecule has 0 aliphatic carbocycles. The third-order valence-corrected chi connectivity index (χ3v) is 4.35. The van der Waals surface area contributed by atoms with E-state index in [9.17, 15) is 9.59 Å². The van der Waals surface area contributed by atoms with Gasteiger partial charge in [0.25, 0.3) is 5.91 Å². The van der Waals surface area contributed by atoms with Gasteiger partial charge in [-0.2, -0.15) is 0 Å². The lowest BCUT2D eigenvalue weighted by Crippen LogP contribution is -2.31. The van der Waals surface area contributed by atoms with Gasteiger partial charge in [0.15, 0.2) is 6.61 Å². The highest BCUT2D eigenvalue weighted by molar-refractivity contribution is 6.30. The van der Waals surface area contributed by atoms with Crippen molar-refractivity contribution in [1.82, 2.24) is 5.32 Å². The standard InChI is InChI=1S/C21H24ClNO5/c1-14(16-5-4-6-17(22)11-16)23-20(24)13-28-21(25)8-7-15-9-18(26-2)12-19(10-15)27-3/h4-6,9-12,14H,7-8,13H2,1-3H3,(H,23,24)/t14-/m1/s1. The van der Waals surface area contributed by atoms with Crippen LogP contribution in [0.4, 0.5) is 0 Å². The second-order valence-electron chi connectivity index (χ2n) is 6.23. The summed E-state index contributed by atoms with van der Waals surface area (Å²) < 4.78 is 15.5. The minimum atomic E-state index is -0.452. The average Bonchev–Trinajstić information content (AvgIpc) is 2.70. The molecule has 2 aromatic rings. The minimum absolute atomic E-state index is 0.146. The molecule has 0 unspecified atom stereocenters. The molecular weight excluding hydrogens is 382 g/mol. The zero-order valence-electron chi connectivity index (χ0n) is 16.2. The summed E-state index contributed by atoms with van der Waals surface area (Å²) >= 11 is 5.95. The molecule has 7 heteroatoms. The van der Waals surface area contributed by atoms with Crippen molar-refractivity contribution in [3.63, 3.8) is 0 Å². The third-order valence-electron chi connectivity index (χ3n) is 4.12. The van der Waals surface area contributed by atoms with Gasteiger partial charge in [0.1, 0.15) is 11.5 Å². The lowest BCUT2D eigenvalue weighted by molar-refractivity contribution is -0.148. The summed E-state index contributed by atoms with van der Waals surface area (Å²) in [4.78, 5) is 24.0. The summed E-state index contributed by atoms with van der Waals surface area (Å²) in [6.45, 7) is 1.51. The van der Waals surface area contributed by atoms with Gasteiger partial charge in [-0.1, -0.05) is 23.7 Å². The maximum absolute atomic E-state index is 12.0. The van der Waals surface area contributed by atoms with E-state index in [1.165, 1.54) is 0 Å². The largest absolute Gasteiger partial charge is 0.497 e. The van der Waals surface area contributed by atoms with Crippen LogP contribution in [0.15, 0.2) is 42.5 Å². The number of carbonyl (C=O) groups excluding carboxylic acids is 2. The molecule has 0 aliphatic rings. The number of esters is 1. The van der Waals surface area contributed by atoms with Gasteiger partial charge in [0, 0.05) is 17.5 Å². The Hall–Kier alpha value is -2.73. The van der Waals surface area contributed by atoms with Gasteiger partial charge < -0.3 is 19.5 Å². The van der Waals surface area contributed by atoms with Crippen molar-refractivity contribution in [1.29, 1.82) is 0 Å². The second kappa shape index (κ2) is 10.6. The van der Waals surface area contributed by atoms with Crippen molar-refractivity contribution in [3.8, 4) is 11.5 Å². The lowest BCUT2D eigenvalue weighted by atomic mass is 10.1. The quantitative estimate of drug-likeness (QED) is 0.644. The molecule has 1 N–H and O–H groups in total. The molecule has 2 aromatic carbocycles. The van der Waals surface area contributed by atoms with Crippen molar-refractivity contribution in [2.45, 2.75) is 25.8 Å². The molecular formula is C21H24ClNO5. The number of benzene rings is 2. The van der Waals surface area contributed by atoms with Crippen LogP contribution < -0.4 is 14.8 Å². The SMILES string of the molecule is COc1cc(CCC(=O)OCC(=O)N[C@H](C)c2cccc(Cl)c2)cc(OC)c1. The first-order chi connectivity index (χ1) is 13.4. The maximum atomic E-state index is 12.0. The lowest BCUT2D eigenvalue weighted by Gasteiger charge is -2.14. The molecule has 0 radical (unpaired) electrons. The molecule has 0 heterocycles. The normalized spacial score (nSPS) is 11.4. The molecule has 0 aromatic heterocycles. The first kappa shape index (κ1) is 21.6. The van der Waals surface area contributed by atoms with Gasteiger partial charge >= 0.3 is 5.97 Å². The van der Waals surface area contributed by atoms with Crippen molar-refractivity contribution in [2.24, 2.45) is 0 Å². The second-order valence-corrected chi connectivity index (χ2v) is 6.66. The van der Waals surface area contributed by atoms with E-state index in [1.54, 1.807) is 32.4 Å². The summed E-state index contributed by atoms with van der Waals surface area (Å²) in [5.74, 6) is 0.477. The van der Waals surface area contributed by atoms with Crippen LogP contribution in [-0.4, -0.2) is 32.7 Å². The summed E-state index contributed by atoms with van der Waals surface area (Å²) in [5.41, 5.74) is 1.76. The topological polar surface area (TPSA) is 73.9 Å². The molecule has 150 valence electrons. The summed E-state index contributed by atoms with van der Waals surface area (Å²) in [5, 5.41) is 3.37. The van der Waals surface area contributed by atoms with E-state index >= 15 is 0 Å². The number of hydrogen-bond acceptors (Lipinski definition) is 5. The number of hydrogen-bond donors (Lipinski definition) is 1. The molecule has 1 atom stereocenters. The van der Waals surface area contributed by atoms with E-state index in [0.717, 1.165) is 11.1 Å². The van der Waals surface area contributed by atoms with Crippen LogP contribution in [0.3, 0.4) is 0 Å². The summed E-state index contributed by atoms with van der Waals surface area (Å²) in [7, 11) is 3.13. The highest BCUT2D eigenvalue weighted by Crippen LogP contribution is 2.23. The van der Waals surface area contributed by atoms with Crippen molar-refractivity contribution < 1.29 is 23.8 Å². The van der Waals surface area contributed by atoms with E-state index in [2.05, 4.69) is 5.32 Å². The Morgan fingerprint density at radius 3 is 2.36 bits per heavy atom. The zero-order chi connectivity index (χ0) is 20.5. The monoisotopic (exact) mass is 405 g/mol. The minimum Gasteiger partial charge on any atom is -0.497 e. The number of carbonyl (C=O) groups is 2. The Morgan fingerprint density at radius 1 is 1.07 bits per heavy atom. The van der Waals surface area contributed by atoms with Gasteiger partial charge in [-0.3, -0.25) is 9.59 Å². The smallest absolute Gasteiger partial charge is 0.306 e. The number of methoxy groups -OCH3 is 2. The van der Waals surface area contributed by atoms with E-state index < -0.39 is 5.97 Å². The average molecular weight is 406 g/mol. The van der Waals surface area contributed by atoms with Gasteiger partial charge in [0.05, 0.1) is 20.3 Å². The number of ether oxygens (including phenoxy) is 3. The molecule has 0 fully saturated rings. The summed E-state index contributed by atoms with van der Waals surface area (Å²) in [6, 6.07) is 12.4. The van der Waals surface area contributed by atoms with Gasteiger partial charge in [0.2, 0.25) is 0 Å². The van der Waals surface area contributed by atoms with E-state index in [1.807, 2.05) is 31.2 Å². The molecule has 0 spiro atoms. The predicted octanol–water partition coefficient (Wildman–Crippen LogP) is 3.71. The van der Waals surface area contributed by atoms with E-state index in [-0.39, 0.29) is 25.0 Å². The summed E-state index contributed by atoms with van der Waals surface area (Å²) in [6.07, 6.45) is 0.598. The van der Waals surface area contributed by atoms with Crippen LogP contribution >= 0.6 is 11.6 Å². The fourth-order valence-electron chi connectivity index (χ4n) is 2.62. The molecule has 0 aliphatic heterocycles. The predicted molar refractivity (Wildman–Crippen MR) is 107 cm³/mol. The zero-order valence-corrected chi connectivity index (χ0v) is 16.9. The van der Waals surface area contributed by atoms with E-state index in [0.29, 0.717) is 22.9 Å². The van der Waals surface area contributed by atoms with Crippen molar-refractivity contribution in [2.75, 3.05) is 20.8 Å². The van der Waals surface area contributed by atoms with Crippen LogP contribution in [0.5, 0.6) is 11.5 Å². The van der Waals surface area contributed by atoms with E-state index in [4.69, 9.17) is 25.8 Å². The number of nitrogens with one attached hydrogen (secondary N) is 1. The third kappa shape index (κ3) is 6.78. The van der Waals surface area contributed by atoms with Crippen LogP contribution in [0, 0.1) is 0 Å². The van der Waals surface area contributed by atoms with Crippen LogP contribution in [0.25, 0.3) is 0 Å². The fraction of sp³-hybridized carbons (Fsp3) is 0.333. The number of amides is 1. The highest BCUT2D eigenvalue weighted by atomic mass is 35.5. The Kier molecular flexibility index (Phi) is 8.14. The molecule has 2 rings (SSSR count). The fourth-order valence-corrected chi connectivity index (χ4v) is 2.82. The molecule has 1 amide bonds. The first-order valence-corrected chi connectivity index (χ1v) is 9.21. The first-order valence-electron chi connectivity index (χ1n) is 8.83. The molecule has 0 bridgehead atoms. The molecule has 28 heavy (non-hydrogen) atoms. The highest BCUT2D eigenvalue weighted by Gasteiger charge is 2.13. The number of rotatable bonds is 9. The maximum Gasteiger partial charge on any atom is 0.306 e. The Bertz CT molecular complexity index is 802. The van der Waals surface area contributed by atoms with Crippen LogP contribution in [0.1, 0.15) is 30.5 Å². The molecule has 0 saturated carbocycles. The van der Waals surface area contributed by atoms with Gasteiger partial charge in [-0.25, -0.2) is 0 Å². The molecule has 0 saturated heterocycles. The number of halogens is 1. The Morgan fingerprint density at radius 2 is 1.75 bits per heavy atom. The molecule has 6 nitrogen and oxygen atoms in total. The van der Waals surface area contributed by atoms with Crippen LogP contribution in [-0.2, 0) is 20.7 Å². The van der Waals surface area contributed by atoms with Crippen molar-refractivity contribution >= 4 is 23.5 Å². The Labute approximate surface area is 169 Å². The number of aryl methyl sites for hydroxylation is 1. The van der Waals surface area contributed by atoms with Gasteiger partial charge in [-0.05, 0) is 48.7 Å². The van der Waals surface area contributed by atoms with Crippen molar-refractivity contribution in [3.05, 3.63) is 58.6 Å². The Balaban J connectivity index is 1.78. The van der Waals surface area contributed by atoms with Crippen LogP contribution in [0.2, 0.25) is 5.02 Å². The van der Waals surface area contributed by atoms with Gasteiger partial charge in [-0.15, -0.1) is 0 Å².